The van der Waals surface area contributed by atoms with Gasteiger partial charge in [-0.05, 0) is 36.6 Å². The summed E-state index contributed by atoms with van der Waals surface area (Å²) in [5.41, 5.74) is 5.21. The minimum atomic E-state index is -0.407. The van der Waals surface area contributed by atoms with Crippen LogP contribution in [0.3, 0.4) is 0 Å². The zero-order valence-corrected chi connectivity index (χ0v) is 23.5. The number of rotatable bonds is 7. The molecule has 0 radical (unpaired) electrons. The molecular formula is C28H35N9O3. The summed E-state index contributed by atoms with van der Waals surface area (Å²) in [6, 6.07) is 7.74. The van der Waals surface area contributed by atoms with Crippen molar-refractivity contribution in [2.24, 2.45) is 7.05 Å². The number of carbonyl (C=O) groups is 1. The highest BCUT2D eigenvalue weighted by Crippen LogP contribution is 2.31. The molecule has 0 saturated carbocycles. The molecule has 210 valence electrons. The van der Waals surface area contributed by atoms with Gasteiger partial charge in [0.05, 0.1) is 35.9 Å². The molecule has 1 atom stereocenters. The fourth-order valence-corrected chi connectivity index (χ4v) is 4.67. The Morgan fingerprint density at radius 1 is 1.23 bits per heavy atom. The number of benzene rings is 1. The van der Waals surface area contributed by atoms with Crippen LogP contribution in [0.2, 0.25) is 0 Å². The second-order valence-electron chi connectivity index (χ2n) is 11.0. The van der Waals surface area contributed by atoms with Crippen LogP contribution >= 0.6 is 0 Å². The van der Waals surface area contributed by atoms with Crippen molar-refractivity contribution >= 4 is 17.5 Å². The van der Waals surface area contributed by atoms with Crippen LogP contribution in [0.25, 0.3) is 11.3 Å². The summed E-state index contributed by atoms with van der Waals surface area (Å²) in [4.78, 5) is 24.4. The number of aryl methyl sites for hydroxylation is 1. The first-order valence-corrected chi connectivity index (χ1v) is 13.3. The van der Waals surface area contributed by atoms with Crippen LogP contribution in [-0.2, 0) is 19.0 Å². The van der Waals surface area contributed by atoms with Gasteiger partial charge in [0.2, 0.25) is 11.8 Å². The molecule has 5 rings (SSSR count). The summed E-state index contributed by atoms with van der Waals surface area (Å²) < 4.78 is 7.45. The summed E-state index contributed by atoms with van der Waals surface area (Å²) in [7, 11) is 1.88. The van der Waals surface area contributed by atoms with Crippen LogP contribution in [0.1, 0.15) is 66.6 Å². The van der Waals surface area contributed by atoms with Crippen molar-refractivity contribution in [3.05, 3.63) is 65.3 Å². The van der Waals surface area contributed by atoms with Gasteiger partial charge in [-0.2, -0.15) is 5.10 Å². The normalized spacial score (nSPS) is 15.9. The van der Waals surface area contributed by atoms with Crippen molar-refractivity contribution in [1.29, 1.82) is 0 Å². The van der Waals surface area contributed by atoms with E-state index >= 15 is 0 Å². The molecule has 1 aliphatic heterocycles. The number of amides is 1. The van der Waals surface area contributed by atoms with E-state index in [-0.39, 0.29) is 24.0 Å². The number of anilines is 2. The van der Waals surface area contributed by atoms with Gasteiger partial charge in [-0.3, -0.25) is 14.4 Å². The monoisotopic (exact) mass is 545 g/mol. The maximum Gasteiger partial charge on any atom is 0.309 e. The molecule has 3 N–H and O–H groups in total. The van der Waals surface area contributed by atoms with Crippen molar-refractivity contribution < 1.29 is 14.3 Å². The molecule has 1 aliphatic rings. The number of hydrogen-bond donors (Lipinski definition) is 3. The summed E-state index contributed by atoms with van der Waals surface area (Å²) in [5.74, 6) is 0.431. The standard InChI is InChI=1S/C28H35N9O3/c1-17-23(15-30-36(17)5)33-27-29-10-8-21(32-27)18-6-7-20-19(14-18)16-37(12-13-38)11-9-22(20)31-24(39)25-34-35-26(40-25)28(2,3)4/h6-8,10,14-15,22,38H,9,11-13,16H2,1-5H3,(H,31,39)(H,29,32,33). The number of nitrogens with zero attached hydrogens (tertiary/aromatic N) is 7. The SMILES string of the molecule is Cc1c(Nc2nccc(-c3ccc4c(c3)CN(CCO)CCC4NC(=O)c3nnc(C(C)(C)C)o3)n2)cnn1C. The van der Waals surface area contributed by atoms with Crippen LogP contribution in [0.5, 0.6) is 0 Å². The molecule has 0 saturated heterocycles. The van der Waals surface area contributed by atoms with Gasteiger partial charge in [-0.25, -0.2) is 9.97 Å². The molecule has 0 bridgehead atoms. The van der Waals surface area contributed by atoms with Gasteiger partial charge in [-0.1, -0.05) is 32.9 Å². The molecule has 0 aliphatic carbocycles. The van der Waals surface area contributed by atoms with Gasteiger partial charge in [-0.15, -0.1) is 10.2 Å². The first-order chi connectivity index (χ1) is 19.1. The van der Waals surface area contributed by atoms with Crippen molar-refractivity contribution in [3.63, 3.8) is 0 Å². The van der Waals surface area contributed by atoms with E-state index in [2.05, 4.69) is 41.9 Å². The third-order valence-corrected chi connectivity index (χ3v) is 7.06. The molecular weight excluding hydrogens is 510 g/mol. The average Bonchev–Trinajstić information content (AvgIpc) is 3.50. The van der Waals surface area contributed by atoms with Crippen molar-refractivity contribution in [1.82, 2.24) is 40.2 Å². The Labute approximate surface area is 232 Å². The number of β-amino-alcohol motifs (C(OH)–C–C–N with tert-alkyl or cyclic N) is 1. The van der Waals surface area contributed by atoms with Crippen LogP contribution in [0.15, 0.2) is 41.1 Å². The quantitative estimate of drug-likeness (QED) is 0.316. The number of hydrogen-bond acceptors (Lipinski definition) is 10. The van der Waals surface area contributed by atoms with Crippen LogP contribution in [0, 0.1) is 6.92 Å². The Balaban J connectivity index is 1.42. The van der Waals surface area contributed by atoms with Crippen LogP contribution < -0.4 is 10.6 Å². The highest BCUT2D eigenvalue weighted by molar-refractivity contribution is 5.89. The predicted molar refractivity (Wildman–Crippen MR) is 149 cm³/mol. The lowest BCUT2D eigenvalue weighted by Gasteiger charge is -2.19. The summed E-state index contributed by atoms with van der Waals surface area (Å²) >= 11 is 0. The lowest BCUT2D eigenvalue weighted by molar-refractivity contribution is 0.0893. The van der Waals surface area contributed by atoms with E-state index in [1.165, 1.54) is 0 Å². The number of nitrogens with one attached hydrogen (secondary N) is 2. The Kier molecular flexibility index (Phi) is 7.63. The maximum atomic E-state index is 13.1. The number of fused-ring (bicyclic) bond motifs is 1. The largest absolute Gasteiger partial charge is 0.416 e. The lowest BCUT2D eigenvalue weighted by atomic mass is 9.96. The van der Waals surface area contributed by atoms with Gasteiger partial charge in [0.15, 0.2) is 0 Å². The van der Waals surface area contributed by atoms with E-state index < -0.39 is 5.91 Å². The highest BCUT2D eigenvalue weighted by Gasteiger charge is 2.28. The number of aromatic nitrogens is 6. The Hall–Kier alpha value is -4.16. The van der Waals surface area contributed by atoms with Crippen LogP contribution in [-0.4, -0.2) is 65.6 Å². The van der Waals surface area contributed by atoms with Gasteiger partial charge >= 0.3 is 11.8 Å². The first-order valence-electron chi connectivity index (χ1n) is 13.3. The second-order valence-corrected chi connectivity index (χ2v) is 11.0. The molecule has 12 nitrogen and oxygen atoms in total. The van der Waals surface area contributed by atoms with E-state index in [9.17, 15) is 9.90 Å². The Morgan fingerprint density at radius 2 is 2.05 bits per heavy atom. The lowest BCUT2D eigenvalue weighted by Crippen LogP contribution is -2.31. The predicted octanol–water partition coefficient (Wildman–Crippen LogP) is 3.28. The van der Waals surface area contributed by atoms with Gasteiger partial charge in [0.25, 0.3) is 0 Å². The van der Waals surface area contributed by atoms with E-state index in [0.29, 0.717) is 37.9 Å². The smallest absolute Gasteiger partial charge is 0.309 e. The molecule has 1 amide bonds. The fraction of sp³-hybridized carbons (Fsp3) is 0.429. The minimum absolute atomic E-state index is 0.0515. The van der Waals surface area contributed by atoms with E-state index in [0.717, 1.165) is 33.8 Å². The van der Waals surface area contributed by atoms with Crippen molar-refractivity contribution in [2.75, 3.05) is 25.0 Å². The zero-order chi connectivity index (χ0) is 28.4. The third-order valence-electron chi connectivity index (χ3n) is 7.06. The molecule has 40 heavy (non-hydrogen) atoms. The van der Waals surface area contributed by atoms with Gasteiger partial charge in [0, 0.05) is 43.9 Å². The minimum Gasteiger partial charge on any atom is -0.416 e. The second kappa shape index (κ2) is 11.1. The summed E-state index contributed by atoms with van der Waals surface area (Å²) in [5, 5.41) is 28.2. The van der Waals surface area contributed by atoms with E-state index in [1.807, 2.05) is 52.9 Å². The summed E-state index contributed by atoms with van der Waals surface area (Å²) in [6.45, 7) is 9.76. The summed E-state index contributed by atoms with van der Waals surface area (Å²) in [6.07, 6.45) is 4.14. The molecule has 0 spiro atoms. The topological polar surface area (TPSA) is 147 Å². The Bertz CT molecular complexity index is 1500. The molecule has 4 heterocycles. The van der Waals surface area contributed by atoms with Crippen molar-refractivity contribution in [2.45, 2.75) is 52.1 Å². The average molecular weight is 546 g/mol. The fourth-order valence-electron chi connectivity index (χ4n) is 4.67. The molecule has 3 aromatic heterocycles. The van der Waals surface area contributed by atoms with E-state index in [1.54, 1.807) is 17.1 Å². The molecule has 1 aromatic carbocycles. The maximum absolute atomic E-state index is 13.1. The van der Waals surface area contributed by atoms with Gasteiger partial charge < -0.3 is 20.2 Å². The number of aliphatic hydroxyl groups excluding tert-OH is 1. The highest BCUT2D eigenvalue weighted by atomic mass is 16.4. The number of carbonyl (C=O) groups excluding carboxylic acids is 1. The van der Waals surface area contributed by atoms with Gasteiger partial charge in [0.1, 0.15) is 0 Å². The molecule has 1 unspecified atom stereocenters. The van der Waals surface area contributed by atoms with E-state index in [4.69, 9.17) is 9.40 Å². The van der Waals surface area contributed by atoms with Crippen LogP contribution in [0.4, 0.5) is 11.6 Å². The zero-order valence-electron chi connectivity index (χ0n) is 23.5. The Morgan fingerprint density at radius 3 is 2.75 bits per heavy atom. The van der Waals surface area contributed by atoms with Crippen molar-refractivity contribution in [3.8, 4) is 11.3 Å². The molecule has 4 aromatic rings. The first kappa shape index (κ1) is 27.4. The third kappa shape index (κ3) is 5.87. The molecule has 0 fully saturated rings. The number of aliphatic hydroxyl groups is 1. The molecule has 12 heteroatoms.